The number of likely N-dealkylation sites (tertiary alicyclic amines) is 1. The first kappa shape index (κ1) is 27.1. The lowest BCUT2D eigenvalue weighted by Crippen LogP contribution is -2.60. The standard InChI is InChI=1S/C28H33F3N2O4/c1-25(2,36)21-12-8-7-11-20(21)22-18-32-23(34)17-26(22)13-15-33(16-14-26)24(35)27(37-3,28(29,30)31)19-9-5-4-6-10-19/h4-12,22,36H,13-18H2,1-3H3,(H,32,34)/t22?,27-/m1/s1. The van der Waals surface area contributed by atoms with Gasteiger partial charge in [0, 0.05) is 44.6 Å². The largest absolute Gasteiger partial charge is 0.430 e. The second-order valence-corrected chi connectivity index (χ2v) is 10.6. The molecule has 2 N–H and O–H groups in total. The minimum absolute atomic E-state index is 0.0569. The Kier molecular flexibility index (Phi) is 7.16. The van der Waals surface area contributed by atoms with Crippen molar-refractivity contribution >= 4 is 11.8 Å². The summed E-state index contributed by atoms with van der Waals surface area (Å²) < 4.78 is 48.4. The Labute approximate surface area is 214 Å². The summed E-state index contributed by atoms with van der Waals surface area (Å²) >= 11 is 0. The van der Waals surface area contributed by atoms with Crippen LogP contribution >= 0.6 is 0 Å². The normalized spacial score (nSPS) is 21.9. The van der Waals surface area contributed by atoms with Crippen molar-refractivity contribution < 1.29 is 32.6 Å². The number of aliphatic hydroxyl groups is 1. The quantitative estimate of drug-likeness (QED) is 0.621. The van der Waals surface area contributed by atoms with Crippen LogP contribution in [0.5, 0.6) is 0 Å². The topological polar surface area (TPSA) is 78.9 Å². The third-order valence-corrected chi connectivity index (χ3v) is 7.98. The Morgan fingerprint density at radius 1 is 1.05 bits per heavy atom. The molecule has 200 valence electrons. The fraction of sp³-hybridized carbons (Fsp3) is 0.500. The van der Waals surface area contributed by atoms with Gasteiger partial charge < -0.3 is 20.1 Å². The predicted molar refractivity (Wildman–Crippen MR) is 131 cm³/mol. The van der Waals surface area contributed by atoms with Gasteiger partial charge in [-0.2, -0.15) is 13.2 Å². The molecule has 2 fully saturated rings. The zero-order valence-electron chi connectivity index (χ0n) is 21.3. The number of piperidine rings is 2. The molecule has 37 heavy (non-hydrogen) atoms. The molecule has 1 spiro atoms. The molecule has 0 bridgehead atoms. The van der Waals surface area contributed by atoms with Crippen LogP contribution in [0.1, 0.15) is 55.7 Å². The lowest BCUT2D eigenvalue weighted by atomic mass is 9.61. The van der Waals surface area contributed by atoms with Gasteiger partial charge in [-0.1, -0.05) is 54.6 Å². The molecule has 2 saturated heterocycles. The number of carbonyl (C=O) groups excluding carboxylic acids is 2. The molecule has 0 aliphatic carbocycles. The number of ether oxygens (including phenoxy) is 1. The van der Waals surface area contributed by atoms with E-state index in [2.05, 4.69) is 5.32 Å². The number of rotatable bonds is 5. The molecule has 2 aliphatic rings. The van der Waals surface area contributed by atoms with Crippen LogP contribution < -0.4 is 5.32 Å². The first-order chi connectivity index (χ1) is 17.4. The van der Waals surface area contributed by atoms with E-state index in [0.717, 1.165) is 18.2 Å². The third-order valence-electron chi connectivity index (χ3n) is 7.98. The smallest absolute Gasteiger partial charge is 0.386 e. The fourth-order valence-electron chi connectivity index (χ4n) is 6.04. The Bertz CT molecular complexity index is 1140. The molecule has 1 unspecified atom stereocenters. The molecule has 0 saturated carbocycles. The fourth-order valence-corrected chi connectivity index (χ4v) is 6.04. The van der Waals surface area contributed by atoms with E-state index in [0.29, 0.717) is 19.4 Å². The van der Waals surface area contributed by atoms with E-state index in [4.69, 9.17) is 4.74 Å². The first-order valence-corrected chi connectivity index (χ1v) is 12.4. The van der Waals surface area contributed by atoms with Crippen LogP contribution in [0.25, 0.3) is 0 Å². The van der Waals surface area contributed by atoms with Gasteiger partial charge >= 0.3 is 6.18 Å². The number of amides is 2. The van der Waals surface area contributed by atoms with E-state index in [1.54, 1.807) is 19.9 Å². The highest BCUT2D eigenvalue weighted by Crippen LogP contribution is 2.51. The van der Waals surface area contributed by atoms with Gasteiger partial charge in [-0.3, -0.25) is 9.59 Å². The van der Waals surface area contributed by atoms with Crippen molar-refractivity contribution in [2.24, 2.45) is 5.41 Å². The summed E-state index contributed by atoms with van der Waals surface area (Å²) in [4.78, 5) is 27.3. The van der Waals surface area contributed by atoms with E-state index >= 15 is 0 Å². The van der Waals surface area contributed by atoms with Crippen LogP contribution in [0.4, 0.5) is 13.2 Å². The van der Waals surface area contributed by atoms with Crippen LogP contribution in [-0.4, -0.2) is 54.7 Å². The molecule has 2 atom stereocenters. The van der Waals surface area contributed by atoms with Gasteiger partial charge in [-0.15, -0.1) is 0 Å². The van der Waals surface area contributed by atoms with Crippen molar-refractivity contribution in [3.8, 4) is 0 Å². The van der Waals surface area contributed by atoms with Crippen molar-refractivity contribution in [1.82, 2.24) is 10.2 Å². The minimum Gasteiger partial charge on any atom is -0.386 e. The number of hydrogen-bond acceptors (Lipinski definition) is 4. The lowest BCUT2D eigenvalue weighted by Gasteiger charge is -2.50. The van der Waals surface area contributed by atoms with Gasteiger partial charge in [0.2, 0.25) is 5.91 Å². The average Bonchev–Trinajstić information content (AvgIpc) is 2.84. The number of carbonyl (C=O) groups is 2. The Balaban J connectivity index is 1.66. The summed E-state index contributed by atoms with van der Waals surface area (Å²) in [5.74, 6) is -1.44. The molecule has 2 amide bonds. The number of benzene rings is 2. The van der Waals surface area contributed by atoms with Crippen molar-refractivity contribution in [2.45, 2.75) is 56.4 Å². The highest BCUT2D eigenvalue weighted by Gasteiger charge is 2.64. The van der Waals surface area contributed by atoms with Crippen LogP contribution in [0.2, 0.25) is 0 Å². The second kappa shape index (κ2) is 9.76. The molecule has 2 aromatic carbocycles. The predicted octanol–water partition coefficient (Wildman–Crippen LogP) is 4.23. The summed E-state index contributed by atoms with van der Waals surface area (Å²) in [6.45, 7) is 3.87. The molecule has 4 rings (SSSR count). The molecule has 0 radical (unpaired) electrons. The maximum atomic E-state index is 14.5. The number of halogens is 3. The molecular formula is C28H33F3N2O4. The SMILES string of the molecule is CO[C@@](C(=O)N1CCC2(CC1)CC(=O)NCC2c1ccccc1C(C)(C)O)(c1ccccc1)C(F)(F)F. The lowest BCUT2D eigenvalue weighted by molar-refractivity contribution is -0.271. The van der Waals surface area contributed by atoms with Gasteiger partial charge in [-0.25, -0.2) is 0 Å². The number of methoxy groups -OCH3 is 1. The highest BCUT2D eigenvalue weighted by molar-refractivity contribution is 5.88. The van der Waals surface area contributed by atoms with Crippen LogP contribution in [0.15, 0.2) is 54.6 Å². The third kappa shape index (κ3) is 4.75. The summed E-state index contributed by atoms with van der Waals surface area (Å²) in [5.41, 5.74) is -3.41. The first-order valence-electron chi connectivity index (χ1n) is 12.4. The summed E-state index contributed by atoms with van der Waals surface area (Å²) in [6.07, 6.45) is -4.07. The number of nitrogens with one attached hydrogen (secondary N) is 1. The van der Waals surface area contributed by atoms with Gasteiger partial charge in [0.05, 0.1) is 5.60 Å². The zero-order chi connectivity index (χ0) is 27.1. The van der Waals surface area contributed by atoms with E-state index in [1.807, 2.05) is 24.3 Å². The van der Waals surface area contributed by atoms with Crippen LogP contribution in [0.3, 0.4) is 0 Å². The summed E-state index contributed by atoms with van der Waals surface area (Å²) in [6, 6.07) is 14.5. The maximum absolute atomic E-state index is 14.5. The zero-order valence-corrected chi connectivity index (χ0v) is 21.3. The van der Waals surface area contributed by atoms with E-state index in [-0.39, 0.29) is 36.9 Å². The van der Waals surface area contributed by atoms with Gasteiger partial charge in [0.15, 0.2) is 0 Å². The molecular weight excluding hydrogens is 485 g/mol. The van der Waals surface area contributed by atoms with Gasteiger partial charge in [0.1, 0.15) is 0 Å². The molecule has 2 heterocycles. The minimum atomic E-state index is -4.98. The second-order valence-electron chi connectivity index (χ2n) is 10.6. The molecule has 6 nitrogen and oxygen atoms in total. The number of nitrogens with zero attached hydrogens (tertiary/aromatic N) is 1. The van der Waals surface area contributed by atoms with Gasteiger partial charge in [0.25, 0.3) is 11.5 Å². The highest BCUT2D eigenvalue weighted by atomic mass is 19.4. The van der Waals surface area contributed by atoms with E-state index < -0.39 is 28.7 Å². The van der Waals surface area contributed by atoms with Crippen molar-refractivity contribution in [3.63, 3.8) is 0 Å². The maximum Gasteiger partial charge on any atom is 0.430 e. The number of alkyl halides is 3. The molecule has 2 aliphatic heterocycles. The van der Waals surface area contributed by atoms with E-state index in [1.165, 1.54) is 29.2 Å². The molecule has 2 aromatic rings. The monoisotopic (exact) mass is 518 g/mol. The van der Waals surface area contributed by atoms with E-state index in [9.17, 15) is 27.9 Å². The summed E-state index contributed by atoms with van der Waals surface area (Å²) in [5, 5.41) is 13.7. The van der Waals surface area contributed by atoms with Gasteiger partial charge in [-0.05, 0) is 43.2 Å². The van der Waals surface area contributed by atoms with Crippen LogP contribution in [0, 0.1) is 5.41 Å². The Hall–Kier alpha value is -2.91. The van der Waals surface area contributed by atoms with Crippen molar-refractivity contribution in [3.05, 3.63) is 71.3 Å². The number of hydrogen-bond donors (Lipinski definition) is 2. The Morgan fingerprint density at radius 3 is 2.22 bits per heavy atom. The Morgan fingerprint density at radius 2 is 1.65 bits per heavy atom. The molecule has 0 aromatic heterocycles. The summed E-state index contributed by atoms with van der Waals surface area (Å²) in [7, 11) is 0.902. The van der Waals surface area contributed by atoms with Crippen molar-refractivity contribution in [1.29, 1.82) is 0 Å². The van der Waals surface area contributed by atoms with Crippen LogP contribution in [-0.2, 0) is 25.5 Å². The average molecular weight is 519 g/mol. The van der Waals surface area contributed by atoms with Crippen molar-refractivity contribution in [2.75, 3.05) is 26.7 Å². The molecule has 9 heteroatoms.